The minimum atomic E-state index is -0.594. The molecular formula is C20H28N2O5. The van der Waals surface area contributed by atoms with Gasteiger partial charge < -0.3 is 19.7 Å². The van der Waals surface area contributed by atoms with E-state index in [4.69, 9.17) is 9.47 Å². The van der Waals surface area contributed by atoms with Crippen LogP contribution in [0.1, 0.15) is 38.7 Å². The van der Waals surface area contributed by atoms with E-state index in [-0.39, 0.29) is 37.4 Å². The summed E-state index contributed by atoms with van der Waals surface area (Å²) >= 11 is 0. The van der Waals surface area contributed by atoms with Crippen LogP contribution in [0.15, 0.2) is 18.2 Å². The highest BCUT2D eigenvalue weighted by Gasteiger charge is 2.37. The molecule has 0 unspecified atom stereocenters. The molecule has 1 aliphatic rings. The van der Waals surface area contributed by atoms with Crippen molar-refractivity contribution in [2.75, 3.05) is 25.2 Å². The van der Waals surface area contributed by atoms with Crippen LogP contribution in [0.3, 0.4) is 0 Å². The Hall–Kier alpha value is -2.57. The molecule has 0 bridgehead atoms. The SMILES string of the molecule is CCC(CC)NC(=O)COC(=O)[C@@H]1CC(=O)N(c2cc(C)ccc2OC)C1. The summed E-state index contributed by atoms with van der Waals surface area (Å²) in [7, 11) is 1.54. The first-order valence-electron chi connectivity index (χ1n) is 9.30. The van der Waals surface area contributed by atoms with Crippen LogP contribution in [0.5, 0.6) is 5.75 Å². The largest absolute Gasteiger partial charge is 0.495 e. The van der Waals surface area contributed by atoms with Crippen molar-refractivity contribution in [3.8, 4) is 5.75 Å². The maximum Gasteiger partial charge on any atom is 0.311 e. The maximum absolute atomic E-state index is 12.4. The summed E-state index contributed by atoms with van der Waals surface area (Å²) in [5.74, 6) is -1.03. The van der Waals surface area contributed by atoms with Gasteiger partial charge in [0.2, 0.25) is 5.91 Å². The first-order valence-corrected chi connectivity index (χ1v) is 9.30. The molecule has 1 aromatic rings. The molecule has 1 atom stereocenters. The standard InChI is InChI=1S/C20H28N2O5/c1-5-15(6-2)21-18(23)12-27-20(25)14-10-19(24)22(11-14)16-9-13(3)7-8-17(16)26-4/h7-9,14-15H,5-6,10-12H2,1-4H3,(H,21,23)/t14-/m1/s1. The normalized spacial score (nSPS) is 16.6. The first kappa shape index (κ1) is 20.7. The number of carbonyl (C=O) groups is 3. The molecule has 2 rings (SSSR count). The van der Waals surface area contributed by atoms with Gasteiger partial charge in [-0.05, 0) is 37.5 Å². The molecule has 1 heterocycles. The number of hydrogen-bond donors (Lipinski definition) is 1. The maximum atomic E-state index is 12.4. The van der Waals surface area contributed by atoms with Gasteiger partial charge in [0, 0.05) is 19.0 Å². The Morgan fingerprint density at radius 1 is 1.30 bits per heavy atom. The lowest BCUT2D eigenvalue weighted by atomic mass is 10.1. The van der Waals surface area contributed by atoms with Gasteiger partial charge in [0.05, 0.1) is 18.7 Å². The van der Waals surface area contributed by atoms with Crippen LogP contribution in [-0.4, -0.2) is 44.1 Å². The number of esters is 1. The van der Waals surface area contributed by atoms with Crippen LogP contribution in [0.25, 0.3) is 0 Å². The Labute approximate surface area is 160 Å². The number of anilines is 1. The smallest absolute Gasteiger partial charge is 0.311 e. The second kappa shape index (κ2) is 9.39. The highest BCUT2D eigenvalue weighted by atomic mass is 16.5. The molecule has 0 saturated carbocycles. The molecule has 27 heavy (non-hydrogen) atoms. The van der Waals surface area contributed by atoms with E-state index in [9.17, 15) is 14.4 Å². The summed E-state index contributed by atoms with van der Waals surface area (Å²) < 4.78 is 10.5. The van der Waals surface area contributed by atoms with E-state index < -0.39 is 11.9 Å². The molecule has 1 saturated heterocycles. The molecule has 0 radical (unpaired) electrons. The minimum absolute atomic E-state index is 0.0596. The van der Waals surface area contributed by atoms with Crippen LogP contribution in [0, 0.1) is 12.8 Å². The summed E-state index contributed by atoms with van der Waals surface area (Å²) in [6, 6.07) is 5.63. The van der Waals surface area contributed by atoms with Crippen LogP contribution >= 0.6 is 0 Å². The third kappa shape index (κ3) is 5.21. The van der Waals surface area contributed by atoms with Crippen molar-refractivity contribution >= 4 is 23.5 Å². The Morgan fingerprint density at radius 2 is 2.00 bits per heavy atom. The number of carbonyl (C=O) groups excluding carboxylic acids is 3. The number of ether oxygens (including phenoxy) is 2. The van der Waals surface area contributed by atoms with E-state index >= 15 is 0 Å². The van der Waals surface area contributed by atoms with Gasteiger partial charge >= 0.3 is 5.97 Å². The lowest BCUT2D eigenvalue weighted by molar-refractivity contribution is -0.152. The molecule has 148 valence electrons. The van der Waals surface area contributed by atoms with E-state index in [0.29, 0.717) is 11.4 Å². The van der Waals surface area contributed by atoms with E-state index in [2.05, 4.69) is 5.32 Å². The monoisotopic (exact) mass is 376 g/mol. The van der Waals surface area contributed by atoms with Gasteiger partial charge in [-0.1, -0.05) is 19.9 Å². The lowest BCUT2D eigenvalue weighted by Gasteiger charge is -2.20. The van der Waals surface area contributed by atoms with Crippen LogP contribution in [0.2, 0.25) is 0 Å². The minimum Gasteiger partial charge on any atom is -0.495 e. The number of benzene rings is 1. The Kier molecular flexibility index (Phi) is 7.21. The van der Waals surface area contributed by atoms with Gasteiger partial charge in [-0.2, -0.15) is 0 Å². The van der Waals surface area contributed by atoms with Crippen LogP contribution < -0.4 is 15.0 Å². The van der Waals surface area contributed by atoms with E-state index in [1.54, 1.807) is 18.1 Å². The summed E-state index contributed by atoms with van der Waals surface area (Å²) in [4.78, 5) is 38.1. The zero-order valence-corrected chi connectivity index (χ0v) is 16.4. The van der Waals surface area contributed by atoms with Gasteiger partial charge in [0.15, 0.2) is 6.61 Å². The molecule has 2 amide bonds. The number of nitrogens with one attached hydrogen (secondary N) is 1. The Bertz CT molecular complexity index is 700. The molecule has 1 aromatic carbocycles. The molecule has 1 fully saturated rings. The number of aryl methyl sites for hydroxylation is 1. The van der Waals surface area contributed by atoms with Gasteiger partial charge in [-0.25, -0.2) is 0 Å². The quantitative estimate of drug-likeness (QED) is 0.703. The summed E-state index contributed by atoms with van der Waals surface area (Å²) in [5.41, 5.74) is 1.63. The molecule has 0 spiro atoms. The van der Waals surface area contributed by atoms with Gasteiger partial charge in [-0.15, -0.1) is 0 Å². The van der Waals surface area contributed by atoms with Crippen LogP contribution in [-0.2, 0) is 19.1 Å². The zero-order chi connectivity index (χ0) is 20.0. The predicted octanol–water partition coefficient (Wildman–Crippen LogP) is 2.20. The summed E-state index contributed by atoms with van der Waals surface area (Å²) in [5, 5.41) is 2.82. The van der Waals surface area contributed by atoms with E-state index in [1.165, 1.54) is 0 Å². The lowest BCUT2D eigenvalue weighted by Crippen LogP contribution is -2.37. The average molecular weight is 376 g/mol. The third-order valence-corrected chi connectivity index (χ3v) is 4.78. The fourth-order valence-corrected chi connectivity index (χ4v) is 3.13. The first-order chi connectivity index (χ1) is 12.9. The van der Waals surface area contributed by atoms with Crippen molar-refractivity contribution in [2.45, 2.75) is 46.1 Å². The number of hydrogen-bond acceptors (Lipinski definition) is 5. The van der Waals surface area contributed by atoms with Crippen molar-refractivity contribution < 1.29 is 23.9 Å². The topological polar surface area (TPSA) is 84.9 Å². The number of methoxy groups -OCH3 is 1. The summed E-state index contributed by atoms with van der Waals surface area (Å²) in [6.07, 6.45) is 1.70. The molecule has 0 aromatic heterocycles. The van der Waals surface area contributed by atoms with E-state index in [1.807, 2.05) is 32.9 Å². The molecular weight excluding hydrogens is 348 g/mol. The van der Waals surface area contributed by atoms with Crippen molar-refractivity contribution in [1.82, 2.24) is 5.32 Å². The van der Waals surface area contributed by atoms with Gasteiger partial charge in [0.25, 0.3) is 5.91 Å². The second-order valence-corrected chi connectivity index (χ2v) is 6.77. The molecule has 1 aliphatic heterocycles. The third-order valence-electron chi connectivity index (χ3n) is 4.78. The van der Waals surface area contributed by atoms with Crippen molar-refractivity contribution in [1.29, 1.82) is 0 Å². The Balaban J connectivity index is 1.96. The second-order valence-electron chi connectivity index (χ2n) is 6.77. The molecule has 0 aliphatic carbocycles. The van der Waals surface area contributed by atoms with Crippen molar-refractivity contribution in [3.05, 3.63) is 23.8 Å². The fraction of sp³-hybridized carbons (Fsp3) is 0.550. The van der Waals surface area contributed by atoms with Crippen molar-refractivity contribution in [2.24, 2.45) is 5.92 Å². The molecule has 7 heteroatoms. The van der Waals surface area contributed by atoms with Gasteiger partial charge in [-0.3, -0.25) is 14.4 Å². The van der Waals surface area contributed by atoms with Crippen molar-refractivity contribution in [3.63, 3.8) is 0 Å². The highest BCUT2D eigenvalue weighted by molar-refractivity contribution is 6.00. The fourth-order valence-electron chi connectivity index (χ4n) is 3.13. The Morgan fingerprint density at radius 3 is 2.63 bits per heavy atom. The summed E-state index contributed by atoms with van der Waals surface area (Å²) in [6.45, 7) is 5.78. The molecule has 1 N–H and O–H groups in total. The number of rotatable bonds is 8. The van der Waals surface area contributed by atoms with E-state index in [0.717, 1.165) is 18.4 Å². The predicted molar refractivity (Wildman–Crippen MR) is 102 cm³/mol. The van der Waals surface area contributed by atoms with Gasteiger partial charge in [0.1, 0.15) is 5.75 Å². The van der Waals surface area contributed by atoms with Crippen LogP contribution in [0.4, 0.5) is 5.69 Å². The zero-order valence-electron chi connectivity index (χ0n) is 16.4. The average Bonchev–Trinajstić information content (AvgIpc) is 3.05. The molecule has 7 nitrogen and oxygen atoms in total. The number of amides is 2. The number of nitrogens with zero attached hydrogens (tertiary/aromatic N) is 1. The highest BCUT2D eigenvalue weighted by Crippen LogP contribution is 2.34.